The first-order valence-electron chi connectivity index (χ1n) is 9.62. The van der Waals surface area contributed by atoms with Crippen molar-refractivity contribution in [1.29, 1.82) is 0 Å². The Morgan fingerprint density at radius 2 is 1.57 bits per heavy atom. The van der Waals surface area contributed by atoms with Crippen LogP contribution in [0.15, 0.2) is 73.3 Å². The van der Waals surface area contributed by atoms with Crippen LogP contribution in [0.1, 0.15) is 33.1 Å². The van der Waals surface area contributed by atoms with Crippen LogP contribution in [-0.2, 0) is 0 Å². The van der Waals surface area contributed by atoms with Gasteiger partial charge in [-0.3, -0.25) is 19.7 Å². The van der Waals surface area contributed by atoms with E-state index in [1.165, 1.54) is 11.1 Å². The van der Waals surface area contributed by atoms with Gasteiger partial charge in [0, 0.05) is 51.0 Å². The van der Waals surface area contributed by atoms with Crippen LogP contribution in [0, 0.1) is 6.92 Å². The summed E-state index contributed by atoms with van der Waals surface area (Å²) in [6.07, 6.45) is 7.12. The van der Waals surface area contributed by atoms with E-state index < -0.39 is 0 Å². The third kappa shape index (κ3) is 3.94. The molecule has 1 aliphatic heterocycles. The molecular weight excluding hydrogens is 348 g/mol. The van der Waals surface area contributed by atoms with Gasteiger partial charge in [-0.15, -0.1) is 0 Å². The molecule has 2 aromatic heterocycles. The molecule has 3 heterocycles. The molecule has 5 nitrogen and oxygen atoms in total. The zero-order chi connectivity index (χ0) is 19.3. The molecule has 0 aliphatic carbocycles. The van der Waals surface area contributed by atoms with E-state index in [9.17, 15) is 4.79 Å². The standard InChI is InChI=1S/C23H24N4O/c1-18-15-21(17-25-16-18)23(28)27-13-11-26(12-14-27)22(19-5-3-2-4-6-19)20-7-9-24-10-8-20/h2-10,15-17,22H,11-14H2,1H3. The Morgan fingerprint density at radius 1 is 0.893 bits per heavy atom. The summed E-state index contributed by atoms with van der Waals surface area (Å²) in [7, 11) is 0. The van der Waals surface area contributed by atoms with Gasteiger partial charge in [0.2, 0.25) is 0 Å². The van der Waals surface area contributed by atoms with Crippen LogP contribution in [-0.4, -0.2) is 51.9 Å². The highest BCUT2D eigenvalue weighted by molar-refractivity contribution is 5.94. The number of nitrogens with zero attached hydrogens (tertiary/aromatic N) is 4. The van der Waals surface area contributed by atoms with E-state index in [2.05, 4.69) is 51.3 Å². The van der Waals surface area contributed by atoms with Gasteiger partial charge in [-0.05, 0) is 41.8 Å². The SMILES string of the molecule is Cc1cncc(C(=O)N2CCN(C(c3ccccc3)c3ccncc3)CC2)c1. The maximum absolute atomic E-state index is 12.8. The number of hydrogen-bond acceptors (Lipinski definition) is 4. The van der Waals surface area contributed by atoms with Crippen molar-refractivity contribution >= 4 is 5.91 Å². The van der Waals surface area contributed by atoms with E-state index in [1.807, 2.05) is 36.4 Å². The van der Waals surface area contributed by atoms with Gasteiger partial charge in [0.1, 0.15) is 0 Å². The number of aryl methyl sites for hydroxylation is 1. The fraction of sp³-hybridized carbons (Fsp3) is 0.261. The lowest BCUT2D eigenvalue weighted by molar-refractivity contribution is 0.0597. The van der Waals surface area contributed by atoms with Gasteiger partial charge in [0.25, 0.3) is 5.91 Å². The van der Waals surface area contributed by atoms with Crippen LogP contribution < -0.4 is 0 Å². The molecule has 0 spiro atoms. The molecule has 1 amide bonds. The zero-order valence-corrected chi connectivity index (χ0v) is 16.0. The van der Waals surface area contributed by atoms with E-state index >= 15 is 0 Å². The fourth-order valence-electron chi connectivity index (χ4n) is 3.83. The fourth-order valence-corrected chi connectivity index (χ4v) is 3.83. The molecule has 0 radical (unpaired) electrons. The lowest BCUT2D eigenvalue weighted by Crippen LogP contribution is -2.49. The quantitative estimate of drug-likeness (QED) is 0.705. The van der Waals surface area contributed by atoms with Gasteiger partial charge in [-0.25, -0.2) is 0 Å². The van der Waals surface area contributed by atoms with Gasteiger partial charge in [0.15, 0.2) is 0 Å². The molecule has 1 unspecified atom stereocenters. The summed E-state index contributed by atoms with van der Waals surface area (Å²) in [6, 6.07) is 16.8. The maximum atomic E-state index is 12.8. The molecule has 0 N–H and O–H groups in total. The monoisotopic (exact) mass is 372 g/mol. The molecule has 142 valence electrons. The summed E-state index contributed by atoms with van der Waals surface area (Å²) in [4.78, 5) is 25.5. The summed E-state index contributed by atoms with van der Waals surface area (Å²) >= 11 is 0. The first-order chi connectivity index (χ1) is 13.7. The van der Waals surface area contributed by atoms with E-state index in [-0.39, 0.29) is 11.9 Å². The normalized spacial score (nSPS) is 16.0. The summed E-state index contributed by atoms with van der Waals surface area (Å²) < 4.78 is 0. The van der Waals surface area contributed by atoms with Crippen molar-refractivity contribution < 1.29 is 4.79 Å². The van der Waals surface area contributed by atoms with Crippen LogP contribution in [0.25, 0.3) is 0 Å². The number of amides is 1. The molecule has 1 fully saturated rings. The van der Waals surface area contributed by atoms with E-state index in [0.717, 1.165) is 18.7 Å². The Labute approximate surface area is 165 Å². The average Bonchev–Trinajstić information content (AvgIpc) is 2.75. The third-order valence-corrected chi connectivity index (χ3v) is 5.23. The lowest BCUT2D eigenvalue weighted by Gasteiger charge is -2.39. The van der Waals surface area contributed by atoms with Crippen LogP contribution in [0.4, 0.5) is 0 Å². The molecular formula is C23H24N4O. The summed E-state index contributed by atoms with van der Waals surface area (Å²) in [6.45, 7) is 5.03. The lowest BCUT2D eigenvalue weighted by atomic mass is 9.97. The van der Waals surface area contributed by atoms with Gasteiger partial charge in [-0.1, -0.05) is 30.3 Å². The molecule has 4 rings (SSSR count). The van der Waals surface area contributed by atoms with Gasteiger partial charge < -0.3 is 4.90 Å². The van der Waals surface area contributed by atoms with E-state index in [0.29, 0.717) is 18.7 Å². The van der Waals surface area contributed by atoms with E-state index in [4.69, 9.17) is 0 Å². The van der Waals surface area contributed by atoms with Crippen molar-refractivity contribution in [2.45, 2.75) is 13.0 Å². The second-order valence-electron chi connectivity index (χ2n) is 7.17. The van der Waals surface area contributed by atoms with Crippen molar-refractivity contribution in [3.05, 3.63) is 95.6 Å². The minimum Gasteiger partial charge on any atom is -0.336 e. The average molecular weight is 372 g/mol. The summed E-state index contributed by atoms with van der Waals surface area (Å²) in [5.74, 6) is 0.0658. The van der Waals surface area contributed by atoms with Crippen LogP contribution >= 0.6 is 0 Å². The number of rotatable bonds is 4. The predicted molar refractivity (Wildman–Crippen MR) is 109 cm³/mol. The number of carbonyl (C=O) groups is 1. The minimum atomic E-state index is 0.0658. The summed E-state index contributed by atoms with van der Waals surface area (Å²) in [5, 5.41) is 0. The van der Waals surface area contributed by atoms with E-state index in [1.54, 1.807) is 12.4 Å². The minimum absolute atomic E-state index is 0.0658. The third-order valence-electron chi connectivity index (χ3n) is 5.23. The smallest absolute Gasteiger partial charge is 0.255 e. The van der Waals surface area contributed by atoms with Crippen molar-refractivity contribution in [2.75, 3.05) is 26.2 Å². The Bertz CT molecular complexity index is 882. The maximum Gasteiger partial charge on any atom is 0.255 e. The number of hydrogen-bond donors (Lipinski definition) is 0. The number of carbonyl (C=O) groups excluding carboxylic acids is 1. The largest absolute Gasteiger partial charge is 0.336 e. The Kier molecular flexibility index (Phi) is 5.44. The number of aromatic nitrogens is 2. The predicted octanol–water partition coefficient (Wildman–Crippen LogP) is 3.33. The van der Waals surface area contributed by atoms with Crippen LogP contribution in [0.3, 0.4) is 0 Å². The molecule has 1 saturated heterocycles. The number of piperazine rings is 1. The van der Waals surface area contributed by atoms with Gasteiger partial charge in [-0.2, -0.15) is 0 Å². The van der Waals surface area contributed by atoms with Crippen LogP contribution in [0.2, 0.25) is 0 Å². The molecule has 5 heteroatoms. The Hall–Kier alpha value is -3.05. The molecule has 1 aromatic carbocycles. The van der Waals surface area contributed by atoms with Crippen molar-refractivity contribution in [3.8, 4) is 0 Å². The topological polar surface area (TPSA) is 49.3 Å². The first kappa shape index (κ1) is 18.3. The molecule has 1 atom stereocenters. The number of pyridine rings is 2. The zero-order valence-electron chi connectivity index (χ0n) is 16.0. The first-order valence-corrected chi connectivity index (χ1v) is 9.62. The highest BCUT2D eigenvalue weighted by Gasteiger charge is 2.28. The van der Waals surface area contributed by atoms with Crippen molar-refractivity contribution in [2.24, 2.45) is 0 Å². The van der Waals surface area contributed by atoms with Gasteiger partial charge >= 0.3 is 0 Å². The highest BCUT2D eigenvalue weighted by atomic mass is 16.2. The summed E-state index contributed by atoms with van der Waals surface area (Å²) in [5.41, 5.74) is 4.16. The van der Waals surface area contributed by atoms with Crippen molar-refractivity contribution in [3.63, 3.8) is 0 Å². The second-order valence-corrected chi connectivity index (χ2v) is 7.17. The number of benzene rings is 1. The Balaban J connectivity index is 1.51. The molecule has 0 saturated carbocycles. The van der Waals surface area contributed by atoms with Gasteiger partial charge in [0.05, 0.1) is 11.6 Å². The molecule has 28 heavy (non-hydrogen) atoms. The Morgan fingerprint density at radius 3 is 2.25 bits per heavy atom. The highest BCUT2D eigenvalue weighted by Crippen LogP contribution is 2.29. The molecule has 3 aromatic rings. The molecule has 1 aliphatic rings. The van der Waals surface area contributed by atoms with Crippen LogP contribution in [0.5, 0.6) is 0 Å². The van der Waals surface area contributed by atoms with Crippen molar-refractivity contribution in [1.82, 2.24) is 19.8 Å². The molecule has 0 bridgehead atoms. The second kappa shape index (κ2) is 8.31.